The van der Waals surface area contributed by atoms with Crippen LogP contribution in [0.5, 0.6) is 0 Å². The summed E-state index contributed by atoms with van der Waals surface area (Å²) < 4.78 is 0. The van der Waals surface area contributed by atoms with Crippen molar-refractivity contribution in [2.75, 3.05) is 13.1 Å². The molecular formula is C25H26N4O3. The first-order chi connectivity index (χ1) is 15.4. The number of carbonyl (C=O) groups is 2. The Hall–Kier alpha value is -3.74. The summed E-state index contributed by atoms with van der Waals surface area (Å²) in [6, 6.07) is 19.1. The molecule has 1 saturated heterocycles. The van der Waals surface area contributed by atoms with Crippen LogP contribution < -0.4 is 11.3 Å². The van der Waals surface area contributed by atoms with E-state index < -0.39 is 11.3 Å². The highest BCUT2D eigenvalue weighted by molar-refractivity contribution is 5.93. The lowest BCUT2D eigenvalue weighted by molar-refractivity contribution is -0.130. The lowest BCUT2D eigenvalue weighted by Gasteiger charge is -2.40. The molecule has 1 aromatic heterocycles. The quantitative estimate of drug-likeness (QED) is 0.649. The SMILES string of the molecule is Cc1ccc(-c2ccc(C[C@]3(C(N)=O)CCCN(C(=O)c4ccc(=O)[nH]n4)C3)cc2)cc1. The van der Waals surface area contributed by atoms with E-state index in [1.54, 1.807) is 4.90 Å². The van der Waals surface area contributed by atoms with E-state index in [4.69, 9.17) is 5.73 Å². The molecule has 7 heteroatoms. The molecule has 0 spiro atoms. The summed E-state index contributed by atoms with van der Waals surface area (Å²) in [6.45, 7) is 2.80. The van der Waals surface area contributed by atoms with Crippen molar-refractivity contribution in [2.24, 2.45) is 11.1 Å². The maximum absolute atomic E-state index is 12.9. The van der Waals surface area contributed by atoms with Gasteiger partial charge in [-0.15, -0.1) is 0 Å². The largest absolute Gasteiger partial charge is 0.369 e. The Morgan fingerprint density at radius 1 is 1.03 bits per heavy atom. The van der Waals surface area contributed by atoms with Crippen molar-refractivity contribution >= 4 is 11.8 Å². The molecule has 0 aliphatic carbocycles. The Balaban J connectivity index is 1.53. The highest BCUT2D eigenvalue weighted by atomic mass is 16.2. The van der Waals surface area contributed by atoms with E-state index in [9.17, 15) is 14.4 Å². The van der Waals surface area contributed by atoms with Gasteiger partial charge in [0.05, 0.1) is 5.41 Å². The first kappa shape index (κ1) is 21.5. The van der Waals surface area contributed by atoms with Gasteiger partial charge in [0.2, 0.25) is 5.91 Å². The molecule has 2 aromatic carbocycles. The topological polar surface area (TPSA) is 109 Å². The van der Waals surface area contributed by atoms with E-state index in [1.807, 2.05) is 24.3 Å². The van der Waals surface area contributed by atoms with E-state index in [0.717, 1.165) is 16.7 Å². The fraction of sp³-hybridized carbons (Fsp3) is 0.280. The highest BCUT2D eigenvalue weighted by Gasteiger charge is 2.42. The van der Waals surface area contributed by atoms with E-state index in [0.29, 0.717) is 25.8 Å². The average Bonchev–Trinajstić information content (AvgIpc) is 2.80. The second-order valence-electron chi connectivity index (χ2n) is 8.52. The number of aromatic nitrogens is 2. The normalized spacial score (nSPS) is 18.3. The van der Waals surface area contributed by atoms with Gasteiger partial charge in [0.25, 0.3) is 11.5 Å². The minimum Gasteiger partial charge on any atom is -0.369 e. The van der Waals surface area contributed by atoms with Gasteiger partial charge in [0, 0.05) is 19.2 Å². The zero-order chi connectivity index (χ0) is 22.7. The Morgan fingerprint density at radius 3 is 2.28 bits per heavy atom. The third-order valence-corrected chi connectivity index (χ3v) is 6.17. The zero-order valence-electron chi connectivity index (χ0n) is 18.0. The van der Waals surface area contributed by atoms with Gasteiger partial charge in [0.1, 0.15) is 5.69 Å². The van der Waals surface area contributed by atoms with Crippen molar-refractivity contribution in [3.05, 3.63) is 87.8 Å². The number of aryl methyl sites for hydroxylation is 1. The van der Waals surface area contributed by atoms with Crippen LogP contribution in [0.1, 0.15) is 34.5 Å². The lowest BCUT2D eigenvalue weighted by atomic mass is 9.74. The van der Waals surface area contributed by atoms with Crippen LogP contribution in [-0.2, 0) is 11.2 Å². The second-order valence-corrected chi connectivity index (χ2v) is 8.52. The molecule has 7 nitrogen and oxygen atoms in total. The molecule has 2 heterocycles. The fourth-order valence-electron chi connectivity index (χ4n) is 4.32. The molecule has 1 aliphatic rings. The lowest BCUT2D eigenvalue weighted by Crippen LogP contribution is -2.53. The van der Waals surface area contributed by atoms with Gasteiger partial charge in [0.15, 0.2) is 0 Å². The number of carbonyl (C=O) groups excluding carboxylic acids is 2. The Labute approximate surface area is 186 Å². The number of nitrogens with two attached hydrogens (primary N) is 1. The summed E-state index contributed by atoms with van der Waals surface area (Å²) in [7, 11) is 0. The van der Waals surface area contributed by atoms with Crippen molar-refractivity contribution in [3.63, 3.8) is 0 Å². The number of rotatable bonds is 5. The third kappa shape index (κ3) is 4.46. The van der Waals surface area contributed by atoms with Gasteiger partial charge >= 0.3 is 0 Å². The van der Waals surface area contributed by atoms with Crippen LogP contribution in [0.4, 0.5) is 0 Å². The maximum atomic E-state index is 12.9. The number of hydrogen-bond acceptors (Lipinski definition) is 4. The molecule has 164 valence electrons. The number of H-pyrrole nitrogens is 1. The summed E-state index contributed by atoms with van der Waals surface area (Å²) in [5.74, 6) is -0.728. The molecule has 3 aromatic rings. The number of likely N-dealkylation sites (tertiary alicyclic amines) is 1. The van der Waals surface area contributed by atoms with Gasteiger partial charge < -0.3 is 10.6 Å². The van der Waals surface area contributed by atoms with Crippen molar-refractivity contribution in [1.82, 2.24) is 15.1 Å². The predicted octanol–water partition coefficient (Wildman–Crippen LogP) is 2.70. The first-order valence-corrected chi connectivity index (χ1v) is 10.7. The number of hydrogen-bond donors (Lipinski definition) is 2. The third-order valence-electron chi connectivity index (χ3n) is 6.17. The van der Waals surface area contributed by atoms with Crippen molar-refractivity contribution in [3.8, 4) is 11.1 Å². The van der Waals surface area contributed by atoms with Crippen LogP contribution in [-0.4, -0.2) is 40.0 Å². The van der Waals surface area contributed by atoms with Crippen LogP contribution in [0.2, 0.25) is 0 Å². The smallest absolute Gasteiger partial charge is 0.274 e. The van der Waals surface area contributed by atoms with Crippen molar-refractivity contribution < 1.29 is 9.59 Å². The second kappa shape index (κ2) is 8.78. The van der Waals surface area contributed by atoms with Gasteiger partial charge in [-0.05, 0) is 48.9 Å². The summed E-state index contributed by atoms with van der Waals surface area (Å²) in [5.41, 5.74) is 9.24. The number of nitrogens with zero attached hydrogens (tertiary/aromatic N) is 2. The maximum Gasteiger partial charge on any atom is 0.274 e. The minimum absolute atomic E-state index is 0.146. The van der Waals surface area contributed by atoms with Crippen molar-refractivity contribution in [1.29, 1.82) is 0 Å². The molecule has 32 heavy (non-hydrogen) atoms. The Morgan fingerprint density at radius 2 is 1.69 bits per heavy atom. The highest BCUT2D eigenvalue weighted by Crippen LogP contribution is 2.34. The molecule has 1 fully saturated rings. The molecule has 4 rings (SSSR count). The van der Waals surface area contributed by atoms with Crippen LogP contribution >= 0.6 is 0 Å². The summed E-state index contributed by atoms with van der Waals surface area (Å²) >= 11 is 0. The molecule has 0 radical (unpaired) electrons. The number of benzene rings is 2. The van der Waals surface area contributed by atoms with Crippen molar-refractivity contribution in [2.45, 2.75) is 26.2 Å². The molecule has 3 N–H and O–H groups in total. The number of piperidine rings is 1. The molecule has 0 bridgehead atoms. The molecule has 1 atom stereocenters. The minimum atomic E-state index is -0.846. The summed E-state index contributed by atoms with van der Waals surface area (Å²) in [4.78, 5) is 38.3. The average molecular weight is 431 g/mol. The number of aromatic amines is 1. The number of amides is 2. The van der Waals surface area contributed by atoms with E-state index in [2.05, 4.69) is 41.4 Å². The number of nitrogens with one attached hydrogen (secondary N) is 1. The van der Waals surface area contributed by atoms with Crippen LogP contribution in [0.25, 0.3) is 11.1 Å². The molecular weight excluding hydrogens is 404 g/mol. The Kier molecular flexibility index (Phi) is 5.90. The summed E-state index contributed by atoms with van der Waals surface area (Å²) in [6.07, 6.45) is 1.74. The Bertz CT molecular complexity index is 1160. The molecule has 0 unspecified atom stereocenters. The number of primary amides is 1. The van der Waals surface area contributed by atoms with Gasteiger partial charge in [-0.25, -0.2) is 5.10 Å². The van der Waals surface area contributed by atoms with E-state index in [1.165, 1.54) is 17.7 Å². The molecule has 2 amide bonds. The fourth-order valence-corrected chi connectivity index (χ4v) is 4.32. The first-order valence-electron chi connectivity index (χ1n) is 10.7. The van der Waals surface area contributed by atoms with E-state index in [-0.39, 0.29) is 23.7 Å². The standard InChI is InChI=1S/C25H26N4O3/c1-17-3-7-19(8-4-17)20-9-5-18(6-10-20)15-25(24(26)32)13-2-14-29(16-25)23(31)21-11-12-22(30)28-27-21/h3-12H,2,13-16H2,1H3,(H2,26,32)(H,28,30)/t25-/m1/s1. The van der Waals surface area contributed by atoms with Gasteiger partial charge in [-0.1, -0.05) is 54.1 Å². The van der Waals surface area contributed by atoms with E-state index >= 15 is 0 Å². The predicted molar refractivity (Wildman–Crippen MR) is 122 cm³/mol. The monoisotopic (exact) mass is 430 g/mol. The van der Waals surface area contributed by atoms with Gasteiger partial charge in [-0.2, -0.15) is 5.10 Å². The van der Waals surface area contributed by atoms with Crippen LogP contribution in [0, 0.1) is 12.3 Å². The van der Waals surface area contributed by atoms with Gasteiger partial charge in [-0.3, -0.25) is 14.4 Å². The zero-order valence-corrected chi connectivity index (χ0v) is 18.0. The molecule has 0 saturated carbocycles. The van der Waals surface area contributed by atoms with Crippen LogP contribution in [0.15, 0.2) is 65.5 Å². The molecule has 1 aliphatic heterocycles. The van der Waals surface area contributed by atoms with Crippen LogP contribution in [0.3, 0.4) is 0 Å². The summed E-state index contributed by atoms with van der Waals surface area (Å²) in [5, 5.41) is 6.11.